The van der Waals surface area contributed by atoms with Crippen molar-refractivity contribution in [3.63, 3.8) is 0 Å². The first-order valence-electron chi connectivity index (χ1n) is 9.28. The molecule has 1 fully saturated rings. The van der Waals surface area contributed by atoms with Gasteiger partial charge >= 0.3 is 5.63 Å². The third-order valence-electron chi connectivity index (χ3n) is 5.15. The van der Waals surface area contributed by atoms with Crippen molar-refractivity contribution in [2.24, 2.45) is 5.73 Å². The Morgan fingerprint density at radius 2 is 1.86 bits per heavy atom. The molecule has 3 aromatic rings. The Balaban J connectivity index is 1.72. The molecule has 0 saturated carbocycles. The highest BCUT2D eigenvalue weighted by molar-refractivity contribution is 5.98. The number of primary amides is 1. The maximum Gasteiger partial charge on any atom is 0.344 e. The van der Waals surface area contributed by atoms with Crippen LogP contribution in [0, 0.1) is 0 Å². The topological polar surface area (TPSA) is 93.6 Å². The van der Waals surface area contributed by atoms with Gasteiger partial charge in [0.05, 0.1) is 5.56 Å². The molecule has 6 heteroatoms. The van der Waals surface area contributed by atoms with Gasteiger partial charge in [0.2, 0.25) is 5.91 Å². The molecule has 1 aliphatic rings. The lowest BCUT2D eigenvalue weighted by atomic mass is 9.98. The van der Waals surface area contributed by atoms with Crippen molar-refractivity contribution in [2.75, 3.05) is 6.54 Å². The van der Waals surface area contributed by atoms with Crippen molar-refractivity contribution >= 4 is 22.8 Å². The molecule has 1 unspecified atom stereocenters. The third kappa shape index (κ3) is 3.29. The highest BCUT2D eigenvalue weighted by Gasteiger charge is 2.31. The lowest BCUT2D eigenvalue weighted by molar-refractivity contribution is -0.123. The first-order valence-corrected chi connectivity index (χ1v) is 9.28. The van der Waals surface area contributed by atoms with Crippen LogP contribution < -0.4 is 11.4 Å². The van der Waals surface area contributed by atoms with Gasteiger partial charge < -0.3 is 15.1 Å². The number of carbonyl (C=O) groups excluding carboxylic acids is 2. The van der Waals surface area contributed by atoms with Gasteiger partial charge in [-0.25, -0.2) is 4.79 Å². The summed E-state index contributed by atoms with van der Waals surface area (Å²) >= 11 is 0. The van der Waals surface area contributed by atoms with E-state index >= 15 is 0 Å². The number of para-hydroxylation sites is 1. The van der Waals surface area contributed by atoms with E-state index < -0.39 is 17.6 Å². The summed E-state index contributed by atoms with van der Waals surface area (Å²) in [6.07, 6.45) is 2.29. The molecule has 2 aromatic carbocycles. The maximum atomic E-state index is 13.0. The fraction of sp³-hybridized carbons (Fsp3) is 0.227. The quantitative estimate of drug-likeness (QED) is 0.711. The number of nitrogens with two attached hydrogens (primary N) is 1. The van der Waals surface area contributed by atoms with Gasteiger partial charge in [0.15, 0.2) is 0 Å². The second-order valence-electron chi connectivity index (χ2n) is 6.98. The highest BCUT2D eigenvalue weighted by Crippen LogP contribution is 2.24. The monoisotopic (exact) mass is 376 g/mol. The largest absolute Gasteiger partial charge is 0.422 e. The number of likely N-dealkylation sites (tertiary alicyclic amines) is 1. The fourth-order valence-corrected chi connectivity index (χ4v) is 3.72. The Kier molecular flexibility index (Phi) is 4.69. The van der Waals surface area contributed by atoms with E-state index in [4.69, 9.17) is 10.2 Å². The molecule has 1 aliphatic heterocycles. The van der Waals surface area contributed by atoms with Crippen molar-refractivity contribution in [1.82, 2.24) is 4.90 Å². The van der Waals surface area contributed by atoms with Crippen molar-refractivity contribution in [1.29, 1.82) is 0 Å². The molecule has 2 heterocycles. The Labute approximate surface area is 161 Å². The number of carbonyl (C=O) groups is 2. The Hall–Kier alpha value is -3.41. The minimum atomic E-state index is -0.587. The van der Waals surface area contributed by atoms with E-state index in [1.54, 1.807) is 42.5 Å². The number of amides is 2. The zero-order valence-electron chi connectivity index (χ0n) is 15.3. The lowest BCUT2D eigenvalue weighted by Crippen LogP contribution is -2.50. The number of hydrogen-bond acceptors (Lipinski definition) is 4. The molecular weight excluding hydrogens is 356 g/mol. The summed E-state index contributed by atoms with van der Waals surface area (Å²) in [5.74, 6) is -0.741. The summed E-state index contributed by atoms with van der Waals surface area (Å²) in [5.41, 5.74) is 6.93. The molecule has 142 valence electrons. The number of benzene rings is 2. The average molecular weight is 376 g/mol. The molecule has 1 aromatic heterocycles. The van der Waals surface area contributed by atoms with Crippen LogP contribution >= 0.6 is 0 Å². The summed E-state index contributed by atoms with van der Waals surface area (Å²) in [6.45, 7) is 0.495. The van der Waals surface area contributed by atoms with Crippen LogP contribution in [0.15, 0.2) is 63.8 Å². The molecule has 0 spiro atoms. The molecule has 2 amide bonds. The third-order valence-corrected chi connectivity index (χ3v) is 5.15. The van der Waals surface area contributed by atoms with Crippen LogP contribution in [0.5, 0.6) is 0 Å². The van der Waals surface area contributed by atoms with Crippen LogP contribution in [0.4, 0.5) is 0 Å². The highest BCUT2D eigenvalue weighted by atomic mass is 16.4. The predicted molar refractivity (Wildman–Crippen MR) is 106 cm³/mol. The van der Waals surface area contributed by atoms with E-state index in [1.165, 1.54) is 4.90 Å². The minimum Gasteiger partial charge on any atom is -0.422 e. The van der Waals surface area contributed by atoms with E-state index in [0.717, 1.165) is 18.2 Å². The zero-order valence-corrected chi connectivity index (χ0v) is 15.3. The number of nitrogens with zero attached hydrogens (tertiary/aromatic N) is 1. The van der Waals surface area contributed by atoms with E-state index in [2.05, 4.69) is 0 Å². The van der Waals surface area contributed by atoms with Gasteiger partial charge in [0.1, 0.15) is 11.6 Å². The minimum absolute atomic E-state index is 0.254. The number of hydrogen-bond donors (Lipinski definition) is 1. The van der Waals surface area contributed by atoms with Gasteiger partial charge in [-0.15, -0.1) is 0 Å². The molecule has 0 bridgehead atoms. The standard InChI is InChI=1S/C22H20N2O4/c23-20(25)18-9-3-4-11-24(18)21(26)16-8-5-7-14(12-16)17-13-15-6-1-2-10-19(15)28-22(17)27/h1-2,5-8,10,12-13,18H,3-4,9,11H2,(H2,23,25). The van der Waals surface area contributed by atoms with Crippen molar-refractivity contribution in [2.45, 2.75) is 25.3 Å². The molecule has 4 rings (SSSR count). The molecule has 0 aliphatic carbocycles. The van der Waals surface area contributed by atoms with Gasteiger partial charge in [-0.2, -0.15) is 0 Å². The fourth-order valence-electron chi connectivity index (χ4n) is 3.72. The molecule has 28 heavy (non-hydrogen) atoms. The molecular formula is C22H20N2O4. The van der Waals surface area contributed by atoms with Gasteiger partial charge in [-0.3, -0.25) is 9.59 Å². The van der Waals surface area contributed by atoms with Gasteiger partial charge in [0, 0.05) is 17.5 Å². The second-order valence-corrected chi connectivity index (χ2v) is 6.98. The predicted octanol–water partition coefficient (Wildman–Crippen LogP) is 2.94. The van der Waals surface area contributed by atoms with E-state index in [0.29, 0.717) is 35.2 Å². The zero-order chi connectivity index (χ0) is 19.7. The number of piperidine rings is 1. The van der Waals surface area contributed by atoms with Crippen LogP contribution in [0.3, 0.4) is 0 Å². The summed E-state index contributed by atoms with van der Waals surface area (Å²) in [6, 6.07) is 15.3. The number of rotatable bonds is 3. The molecule has 6 nitrogen and oxygen atoms in total. The first kappa shape index (κ1) is 18.0. The van der Waals surface area contributed by atoms with Crippen molar-refractivity contribution in [3.05, 3.63) is 70.6 Å². The molecule has 2 N–H and O–H groups in total. The molecule has 1 saturated heterocycles. The summed E-state index contributed by atoms with van der Waals surface area (Å²) in [4.78, 5) is 38.7. The maximum absolute atomic E-state index is 13.0. The summed E-state index contributed by atoms with van der Waals surface area (Å²) in [7, 11) is 0. The summed E-state index contributed by atoms with van der Waals surface area (Å²) < 4.78 is 5.40. The van der Waals surface area contributed by atoms with Crippen LogP contribution in [-0.2, 0) is 4.79 Å². The normalized spacial score (nSPS) is 16.9. The van der Waals surface area contributed by atoms with E-state index in [1.807, 2.05) is 12.1 Å². The van der Waals surface area contributed by atoms with Gasteiger partial charge in [0.25, 0.3) is 5.91 Å². The van der Waals surface area contributed by atoms with Crippen molar-refractivity contribution in [3.8, 4) is 11.1 Å². The summed E-state index contributed by atoms with van der Waals surface area (Å²) in [5, 5.41) is 0.804. The van der Waals surface area contributed by atoms with Crippen LogP contribution in [0.1, 0.15) is 29.6 Å². The van der Waals surface area contributed by atoms with Crippen LogP contribution in [0.2, 0.25) is 0 Å². The van der Waals surface area contributed by atoms with Crippen molar-refractivity contribution < 1.29 is 14.0 Å². The smallest absolute Gasteiger partial charge is 0.344 e. The Morgan fingerprint density at radius 3 is 2.68 bits per heavy atom. The van der Waals surface area contributed by atoms with E-state index in [9.17, 15) is 14.4 Å². The van der Waals surface area contributed by atoms with Gasteiger partial charge in [-0.1, -0.05) is 30.3 Å². The molecule has 1 atom stereocenters. The number of fused-ring (bicyclic) bond motifs is 1. The Morgan fingerprint density at radius 1 is 1.04 bits per heavy atom. The Bertz CT molecular complexity index is 1120. The second kappa shape index (κ2) is 7.31. The first-order chi connectivity index (χ1) is 13.5. The van der Waals surface area contributed by atoms with Gasteiger partial charge in [-0.05, 0) is 49.1 Å². The van der Waals surface area contributed by atoms with Crippen LogP contribution in [-0.4, -0.2) is 29.3 Å². The lowest BCUT2D eigenvalue weighted by Gasteiger charge is -2.33. The van der Waals surface area contributed by atoms with E-state index in [-0.39, 0.29) is 5.91 Å². The average Bonchev–Trinajstić information content (AvgIpc) is 2.72. The molecule has 0 radical (unpaired) electrons. The van der Waals surface area contributed by atoms with Crippen LogP contribution in [0.25, 0.3) is 22.1 Å². The SMILES string of the molecule is NC(=O)C1CCCCN1C(=O)c1cccc(-c2cc3ccccc3oc2=O)c1.